The molecule has 0 radical (unpaired) electrons. The fourth-order valence-electron chi connectivity index (χ4n) is 2.74. The first-order valence-electron chi connectivity index (χ1n) is 7.65. The zero-order valence-electron chi connectivity index (χ0n) is 12.3. The first kappa shape index (κ1) is 13.6. The quantitative estimate of drug-likeness (QED) is 0.847. The number of hydrogen-bond acceptors (Lipinski definition) is 2. The van der Waals surface area contributed by atoms with E-state index in [4.69, 9.17) is 4.74 Å². The lowest BCUT2D eigenvalue weighted by Crippen LogP contribution is -2.43. The van der Waals surface area contributed by atoms with Gasteiger partial charge in [0.2, 0.25) is 5.91 Å². The van der Waals surface area contributed by atoms with Gasteiger partial charge in [-0.3, -0.25) is 4.79 Å². The monoisotopic (exact) mass is 273 g/mol. The standard InChI is InChI=1S/C17H23NO2/c1-12(2)13-3-5-14(6-4-13)16-11-18(9-10-20-16)17(19)15-7-8-15/h3-6,12,15-16H,7-11H2,1-2H3. The molecule has 1 aliphatic carbocycles. The Kier molecular flexibility index (Phi) is 3.79. The second-order valence-corrected chi connectivity index (χ2v) is 6.24. The highest BCUT2D eigenvalue weighted by Crippen LogP contribution is 2.33. The highest BCUT2D eigenvalue weighted by Gasteiger charge is 2.35. The van der Waals surface area contributed by atoms with Crippen LogP contribution in [0.5, 0.6) is 0 Å². The molecule has 1 saturated heterocycles. The minimum atomic E-state index is 0.0349. The lowest BCUT2D eigenvalue weighted by atomic mass is 9.99. The van der Waals surface area contributed by atoms with Crippen molar-refractivity contribution >= 4 is 5.91 Å². The second-order valence-electron chi connectivity index (χ2n) is 6.24. The SMILES string of the molecule is CC(C)c1ccc(C2CN(C(=O)C3CC3)CCO2)cc1. The van der Waals surface area contributed by atoms with Gasteiger partial charge in [-0.05, 0) is 29.9 Å². The third-order valence-electron chi connectivity index (χ3n) is 4.28. The summed E-state index contributed by atoms with van der Waals surface area (Å²) in [5, 5.41) is 0. The molecule has 0 aromatic heterocycles. The van der Waals surface area contributed by atoms with Crippen LogP contribution in [0, 0.1) is 5.92 Å². The maximum absolute atomic E-state index is 12.2. The van der Waals surface area contributed by atoms with E-state index >= 15 is 0 Å². The number of morpholine rings is 1. The Bertz CT molecular complexity index is 476. The molecule has 2 aliphatic rings. The molecular formula is C17H23NO2. The summed E-state index contributed by atoms with van der Waals surface area (Å²) >= 11 is 0. The van der Waals surface area contributed by atoms with Crippen molar-refractivity contribution in [2.45, 2.75) is 38.7 Å². The van der Waals surface area contributed by atoms with Crippen LogP contribution in [-0.2, 0) is 9.53 Å². The average Bonchev–Trinajstić information content (AvgIpc) is 3.31. The number of benzene rings is 1. The summed E-state index contributed by atoms with van der Waals surface area (Å²) in [4.78, 5) is 14.1. The van der Waals surface area contributed by atoms with E-state index in [0.717, 1.165) is 19.4 Å². The molecule has 1 heterocycles. The molecule has 0 bridgehead atoms. The van der Waals surface area contributed by atoms with Crippen LogP contribution in [0.3, 0.4) is 0 Å². The van der Waals surface area contributed by atoms with Crippen molar-refractivity contribution in [3.05, 3.63) is 35.4 Å². The molecular weight excluding hydrogens is 250 g/mol. The van der Waals surface area contributed by atoms with Gasteiger partial charge in [-0.1, -0.05) is 38.1 Å². The topological polar surface area (TPSA) is 29.5 Å². The highest BCUT2D eigenvalue weighted by molar-refractivity contribution is 5.81. The summed E-state index contributed by atoms with van der Waals surface area (Å²) in [5.74, 6) is 1.18. The fraction of sp³-hybridized carbons (Fsp3) is 0.588. The smallest absolute Gasteiger partial charge is 0.225 e. The number of carbonyl (C=O) groups excluding carboxylic acids is 1. The number of amides is 1. The van der Waals surface area contributed by atoms with Crippen LogP contribution in [0.15, 0.2) is 24.3 Å². The van der Waals surface area contributed by atoms with Crippen LogP contribution in [0.4, 0.5) is 0 Å². The van der Waals surface area contributed by atoms with Crippen molar-refractivity contribution in [1.82, 2.24) is 4.90 Å². The Morgan fingerprint density at radius 3 is 2.55 bits per heavy atom. The van der Waals surface area contributed by atoms with E-state index in [0.29, 0.717) is 30.9 Å². The largest absolute Gasteiger partial charge is 0.370 e. The van der Waals surface area contributed by atoms with Gasteiger partial charge < -0.3 is 9.64 Å². The maximum atomic E-state index is 12.2. The van der Waals surface area contributed by atoms with Gasteiger partial charge >= 0.3 is 0 Å². The molecule has 0 N–H and O–H groups in total. The van der Waals surface area contributed by atoms with E-state index in [1.165, 1.54) is 11.1 Å². The molecule has 108 valence electrons. The minimum absolute atomic E-state index is 0.0349. The van der Waals surface area contributed by atoms with Gasteiger partial charge in [0.15, 0.2) is 0 Å². The fourth-order valence-corrected chi connectivity index (χ4v) is 2.74. The van der Waals surface area contributed by atoms with Crippen LogP contribution >= 0.6 is 0 Å². The van der Waals surface area contributed by atoms with Crippen molar-refractivity contribution < 1.29 is 9.53 Å². The van der Waals surface area contributed by atoms with Gasteiger partial charge in [0.05, 0.1) is 13.2 Å². The third-order valence-corrected chi connectivity index (χ3v) is 4.28. The molecule has 3 heteroatoms. The first-order valence-corrected chi connectivity index (χ1v) is 7.65. The average molecular weight is 273 g/mol. The van der Waals surface area contributed by atoms with Gasteiger partial charge in [-0.25, -0.2) is 0 Å². The van der Waals surface area contributed by atoms with Crippen LogP contribution in [-0.4, -0.2) is 30.5 Å². The van der Waals surface area contributed by atoms with Crippen molar-refractivity contribution in [3.8, 4) is 0 Å². The van der Waals surface area contributed by atoms with Gasteiger partial charge in [0.1, 0.15) is 6.10 Å². The lowest BCUT2D eigenvalue weighted by Gasteiger charge is -2.33. The van der Waals surface area contributed by atoms with E-state index in [1.807, 2.05) is 4.90 Å². The molecule has 3 rings (SSSR count). The van der Waals surface area contributed by atoms with E-state index in [-0.39, 0.29) is 6.10 Å². The van der Waals surface area contributed by atoms with E-state index in [1.54, 1.807) is 0 Å². The zero-order valence-corrected chi connectivity index (χ0v) is 12.3. The van der Waals surface area contributed by atoms with Crippen molar-refractivity contribution in [2.24, 2.45) is 5.92 Å². The molecule has 3 nitrogen and oxygen atoms in total. The summed E-state index contributed by atoms with van der Waals surface area (Å²) in [6, 6.07) is 8.63. The second kappa shape index (κ2) is 5.57. The summed E-state index contributed by atoms with van der Waals surface area (Å²) in [6.45, 7) is 6.49. The van der Waals surface area contributed by atoms with Gasteiger partial charge in [-0.2, -0.15) is 0 Å². The first-order chi connectivity index (χ1) is 9.65. The summed E-state index contributed by atoms with van der Waals surface area (Å²) in [5.41, 5.74) is 2.53. The molecule has 1 amide bonds. The predicted molar refractivity (Wildman–Crippen MR) is 78.5 cm³/mol. The molecule has 1 atom stereocenters. The Hall–Kier alpha value is -1.35. The Morgan fingerprint density at radius 2 is 1.95 bits per heavy atom. The molecule has 1 saturated carbocycles. The van der Waals surface area contributed by atoms with Crippen LogP contribution in [0.1, 0.15) is 49.8 Å². The lowest BCUT2D eigenvalue weighted by molar-refractivity contribution is -0.140. The Labute approximate surface area is 120 Å². The molecule has 2 fully saturated rings. The highest BCUT2D eigenvalue weighted by atomic mass is 16.5. The number of ether oxygens (including phenoxy) is 1. The number of rotatable bonds is 3. The van der Waals surface area contributed by atoms with Crippen molar-refractivity contribution in [1.29, 1.82) is 0 Å². The number of hydrogen-bond donors (Lipinski definition) is 0. The maximum Gasteiger partial charge on any atom is 0.225 e. The summed E-state index contributed by atoms with van der Waals surface area (Å²) in [6.07, 6.45) is 2.18. The van der Waals surface area contributed by atoms with Gasteiger partial charge in [-0.15, -0.1) is 0 Å². The number of carbonyl (C=O) groups is 1. The minimum Gasteiger partial charge on any atom is -0.370 e. The van der Waals surface area contributed by atoms with Crippen LogP contribution in [0.2, 0.25) is 0 Å². The molecule has 1 unspecified atom stereocenters. The molecule has 1 aliphatic heterocycles. The molecule has 1 aromatic rings. The van der Waals surface area contributed by atoms with Crippen molar-refractivity contribution in [3.63, 3.8) is 0 Å². The molecule has 1 aromatic carbocycles. The predicted octanol–water partition coefficient (Wildman–Crippen LogP) is 3.12. The summed E-state index contributed by atoms with van der Waals surface area (Å²) < 4.78 is 5.85. The normalized spacial score (nSPS) is 23.1. The Balaban J connectivity index is 1.68. The molecule has 20 heavy (non-hydrogen) atoms. The van der Waals surface area contributed by atoms with Crippen molar-refractivity contribution in [2.75, 3.05) is 19.7 Å². The molecule has 0 spiro atoms. The third kappa shape index (κ3) is 2.88. The Morgan fingerprint density at radius 1 is 1.25 bits per heavy atom. The summed E-state index contributed by atoms with van der Waals surface area (Å²) in [7, 11) is 0. The van der Waals surface area contributed by atoms with Crippen LogP contribution in [0.25, 0.3) is 0 Å². The zero-order chi connectivity index (χ0) is 14.1. The van der Waals surface area contributed by atoms with Crippen LogP contribution < -0.4 is 0 Å². The van der Waals surface area contributed by atoms with Gasteiger partial charge in [0.25, 0.3) is 0 Å². The van der Waals surface area contributed by atoms with E-state index in [2.05, 4.69) is 38.1 Å². The van der Waals surface area contributed by atoms with E-state index in [9.17, 15) is 4.79 Å². The number of nitrogens with zero attached hydrogens (tertiary/aromatic N) is 1. The van der Waals surface area contributed by atoms with E-state index < -0.39 is 0 Å². The van der Waals surface area contributed by atoms with Gasteiger partial charge in [0, 0.05) is 12.5 Å².